The minimum Gasteiger partial charge on any atom is -0.332 e. The lowest BCUT2D eigenvalue weighted by molar-refractivity contribution is -0.137. The second-order valence-corrected chi connectivity index (χ2v) is 7.02. The van der Waals surface area contributed by atoms with Gasteiger partial charge >= 0.3 is 0 Å². The number of aromatic nitrogens is 4. The van der Waals surface area contributed by atoms with Crippen LogP contribution in [0.1, 0.15) is 24.4 Å². The van der Waals surface area contributed by atoms with Gasteiger partial charge in [0.15, 0.2) is 0 Å². The lowest BCUT2D eigenvalue weighted by Crippen LogP contribution is -2.43. The zero-order valence-electron chi connectivity index (χ0n) is 17.4. The number of rotatable bonds is 8. The van der Waals surface area contributed by atoms with E-state index in [-0.39, 0.29) is 13.0 Å². The third-order valence-electron chi connectivity index (χ3n) is 4.81. The molecule has 1 atom stereocenters. The van der Waals surface area contributed by atoms with E-state index >= 15 is 0 Å². The molecule has 1 heterocycles. The molecular formula is C21H21F3N6O2. The van der Waals surface area contributed by atoms with E-state index in [1.54, 1.807) is 19.9 Å². The highest BCUT2D eigenvalue weighted by atomic mass is 19.1. The molecule has 32 heavy (non-hydrogen) atoms. The van der Waals surface area contributed by atoms with Crippen LogP contribution in [0.2, 0.25) is 0 Å². The molecule has 168 valence electrons. The SMILES string of the molecule is CCN(CC(=O)Nc1c(F)cccc1F)C(=O)C(Cc1cccc(F)c1)n1nnnc1C. The number of hydrogen-bond acceptors (Lipinski definition) is 5. The van der Waals surface area contributed by atoms with Crippen molar-refractivity contribution >= 4 is 17.5 Å². The smallest absolute Gasteiger partial charge is 0.248 e. The van der Waals surface area contributed by atoms with Gasteiger partial charge in [0.1, 0.15) is 35.0 Å². The van der Waals surface area contributed by atoms with Gasteiger partial charge in [-0.1, -0.05) is 18.2 Å². The van der Waals surface area contributed by atoms with Crippen molar-refractivity contribution in [1.82, 2.24) is 25.1 Å². The summed E-state index contributed by atoms with van der Waals surface area (Å²) in [7, 11) is 0. The van der Waals surface area contributed by atoms with Crippen LogP contribution in [0, 0.1) is 24.4 Å². The van der Waals surface area contributed by atoms with E-state index in [9.17, 15) is 22.8 Å². The maximum Gasteiger partial charge on any atom is 0.248 e. The van der Waals surface area contributed by atoms with Crippen LogP contribution in [-0.2, 0) is 16.0 Å². The second-order valence-electron chi connectivity index (χ2n) is 7.02. The summed E-state index contributed by atoms with van der Waals surface area (Å²) < 4.78 is 42.6. The molecule has 8 nitrogen and oxygen atoms in total. The quantitative estimate of drug-likeness (QED) is 0.574. The number of nitrogens with one attached hydrogen (secondary N) is 1. The summed E-state index contributed by atoms with van der Waals surface area (Å²) in [5, 5.41) is 13.4. The first-order valence-electron chi connectivity index (χ1n) is 9.81. The first-order chi connectivity index (χ1) is 15.3. The zero-order valence-corrected chi connectivity index (χ0v) is 17.4. The summed E-state index contributed by atoms with van der Waals surface area (Å²) in [6.07, 6.45) is 0.0720. The summed E-state index contributed by atoms with van der Waals surface area (Å²) in [5.41, 5.74) is -0.0548. The number of amides is 2. The van der Waals surface area contributed by atoms with E-state index in [0.717, 1.165) is 12.1 Å². The van der Waals surface area contributed by atoms with Crippen LogP contribution in [0.4, 0.5) is 18.9 Å². The average Bonchev–Trinajstić information content (AvgIpc) is 3.18. The van der Waals surface area contributed by atoms with Crippen LogP contribution < -0.4 is 5.32 Å². The Labute approximate surface area is 182 Å². The van der Waals surface area contributed by atoms with Gasteiger partial charge in [0.2, 0.25) is 11.8 Å². The molecule has 2 aromatic carbocycles. The van der Waals surface area contributed by atoms with E-state index in [4.69, 9.17) is 0 Å². The van der Waals surface area contributed by atoms with Gasteiger partial charge < -0.3 is 10.2 Å². The lowest BCUT2D eigenvalue weighted by atomic mass is 10.0. The average molecular weight is 446 g/mol. The molecule has 0 bridgehead atoms. The standard InChI is InChI=1S/C21H21F3N6O2/c1-3-29(12-19(31)25-20-16(23)8-5-9-17(20)24)21(32)18(30-13(2)26-27-28-30)11-14-6-4-7-15(22)10-14/h4-10,18H,3,11-12H2,1-2H3,(H,25,31). The number of hydrogen-bond donors (Lipinski definition) is 1. The first kappa shape index (κ1) is 22.9. The van der Waals surface area contributed by atoms with Crippen LogP contribution in [0.15, 0.2) is 42.5 Å². The largest absolute Gasteiger partial charge is 0.332 e. The molecule has 0 aliphatic heterocycles. The van der Waals surface area contributed by atoms with Gasteiger partial charge in [-0.15, -0.1) is 5.10 Å². The number of likely N-dealkylation sites (N-methyl/N-ethyl adjacent to an activating group) is 1. The van der Waals surface area contributed by atoms with Gasteiger partial charge in [0.05, 0.1) is 6.54 Å². The Morgan fingerprint density at radius 2 is 1.81 bits per heavy atom. The highest BCUT2D eigenvalue weighted by molar-refractivity contribution is 5.95. The number of carbonyl (C=O) groups is 2. The molecule has 0 fully saturated rings. The highest BCUT2D eigenvalue weighted by Gasteiger charge is 2.29. The fourth-order valence-corrected chi connectivity index (χ4v) is 3.22. The predicted molar refractivity (Wildman–Crippen MR) is 109 cm³/mol. The van der Waals surface area contributed by atoms with Crippen molar-refractivity contribution in [2.75, 3.05) is 18.4 Å². The number of nitrogens with zero attached hydrogens (tertiary/aromatic N) is 5. The minimum absolute atomic E-state index is 0.0720. The highest BCUT2D eigenvalue weighted by Crippen LogP contribution is 2.20. The summed E-state index contributed by atoms with van der Waals surface area (Å²) in [6, 6.07) is 8.00. The van der Waals surface area contributed by atoms with E-state index in [1.165, 1.54) is 33.8 Å². The molecule has 0 aliphatic rings. The minimum atomic E-state index is -0.954. The molecule has 1 N–H and O–H groups in total. The van der Waals surface area contributed by atoms with Crippen molar-refractivity contribution in [2.24, 2.45) is 0 Å². The Morgan fingerprint density at radius 3 is 2.41 bits per heavy atom. The molecule has 0 radical (unpaired) electrons. The first-order valence-corrected chi connectivity index (χ1v) is 9.81. The Bertz CT molecular complexity index is 1100. The van der Waals surface area contributed by atoms with Crippen LogP contribution in [-0.4, -0.2) is 50.0 Å². The Morgan fingerprint density at radius 1 is 1.12 bits per heavy atom. The fourth-order valence-electron chi connectivity index (χ4n) is 3.22. The van der Waals surface area contributed by atoms with Crippen LogP contribution >= 0.6 is 0 Å². The van der Waals surface area contributed by atoms with Crippen LogP contribution in [0.3, 0.4) is 0 Å². The number of benzene rings is 2. The van der Waals surface area contributed by atoms with Gasteiger partial charge in [-0.3, -0.25) is 9.59 Å². The van der Waals surface area contributed by atoms with Gasteiger partial charge in [0, 0.05) is 13.0 Å². The number of para-hydroxylation sites is 1. The van der Waals surface area contributed by atoms with Gasteiger partial charge in [-0.05, 0) is 54.1 Å². The molecule has 0 saturated heterocycles. The van der Waals surface area contributed by atoms with Crippen molar-refractivity contribution in [1.29, 1.82) is 0 Å². The van der Waals surface area contributed by atoms with Crippen molar-refractivity contribution in [3.63, 3.8) is 0 Å². The van der Waals surface area contributed by atoms with Gasteiger partial charge in [0.25, 0.3) is 0 Å². The van der Waals surface area contributed by atoms with E-state index < -0.39 is 47.5 Å². The van der Waals surface area contributed by atoms with Crippen molar-refractivity contribution < 1.29 is 22.8 Å². The maximum atomic E-state index is 13.8. The summed E-state index contributed by atoms with van der Waals surface area (Å²) in [6.45, 7) is 2.94. The third-order valence-corrected chi connectivity index (χ3v) is 4.81. The molecule has 11 heteroatoms. The molecule has 2 amide bonds. The molecule has 3 rings (SSSR count). The van der Waals surface area contributed by atoms with Gasteiger partial charge in [-0.2, -0.15) is 0 Å². The lowest BCUT2D eigenvalue weighted by Gasteiger charge is -2.26. The zero-order chi connectivity index (χ0) is 23.3. The molecule has 0 aliphatic carbocycles. The molecule has 3 aromatic rings. The maximum absolute atomic E-state index is 13.8. The molecule has 1 aromatic heterocycles. The second kappa shape index (κ2) is 10.0. The normalized spacial score (nSPS) is 11.8. The number of aryl methyl sites for hydroxylation is 1. The number of halogens is 3. The van der Waals surface area contributed by atoms with Gasteiger partial charge in [-0.25, -0.2) is 17.9 Å². The van der Waals surface area contributed by atoms with Crippen molar-refractivity contribution in [3.8, 4) is 0 Å². The van der Waals surface area contributed by atoms with Crippen LogP contribution in [0.5, 0.6) is 0 Å². The monoisotopic (exact) mass is 446 g/mol. The summed E-state index contributed by atoms with van der Waals surface area (Å²) >= 11 is 0. The number of carbonyl (C=O) groups excluding carboxylic acids is 2. The summed E-state index contributed by atoms with van der Waals surface area (Å²) in [5.74, 6) is -3.24. The third kappa shape index (κ3) is 5.29. The van der Waals surface area contributed by atoms with E-state index in [2.05, 4.69) is 20.8 Å². The van der Waals surface area contributed by atoms with Crippen molar-refractivity contribution in [3.05, 3.63) is 71.3 Å². The molecular weight excluding hydrogens is 425 g/mol. The molecule has 0 saturated carbocycles. The van der Waals surface area contributed by atoms with E-state index in [0.29, 0.717) is 11.4 Å². The molecule has 0 spiro atoms. The fraction of sp³-hybridized carbons (Fsp3) is 0.286. The Balaban J connectivity index is 1.81. The Hall–Kier alpha value is -3.76. The van der Waals surface area contributed by atoms with E-state index in [1.807, 2.05) is 0 Å². The Kier molecular flexibility index (Phi) is 7.18. The molecule has 1 unspecified atom stereocenters. The predicted octanol–water partition coefficient (Wildman–Crippen LogP) is 2.67. The number of anilines is 1. The number of tetrazole rings is 1. The topological polar surface area (TPSA) is 93.0 Å². The van der Waals surface area contributed by atoms with Crippen molar-refractivity contribution in [2.45, 2.75) is 26.3 Å². The van der Waals surface area contributed by atoms with Crippen LogP contribution in [0.25, 0.3) is 0 Å². The summed E-state index contributed by atoms with van der Waals surface area (Å²) in [4.78, 5) is 27.0.